The van der Waals surface area contributed by atoms with Crippen molar-refractivity contribution in [1.29, 1.82) is 0 Å². The van der Waals surface area contributed by atoms with Gasteiger partial charge in [-0.25, -0.2) is 0 Å². The molecule has 0 saturated heterocycles. The minimum Gasteiger partial charge on any atom is -0.545 e. The fourth-order valence-corrected chi connectivity index (χ4v) is 3.59. The molecule has 0 spiro atoms. The predicted octanol–water partition coefficient (Wildman–Crippen LogP) is 3.86. The largest absolute Gasteiger partial charge is 0.545 e. The lowest BCUT2D eigenvalue weighted by Crippen LogP contribution is -2.22. The van der Waals surface area contributed by atoms with Gasteiger partial charge in [0.1, 0.15) is 0 Å². The van der Waals surface area contributed by atoms with Gasteiger partial charge in [-0.05, 0) is 36.6 Å². The van der Waals surface area contributed by atoms with Crippen molar-refractivity contribution in [3.05, 3.63) is 69.9 Å². The quantitative estimate of drug-likeness (QED) is 0.620. The third-order valence-electron chi connectivity index (χ3n) is 4.53. The van der Waals surface area contributed by atoms with E-state index < -0.39 is 5.97 Å². The Morgan fingerprint density at radius 3 is 2.50 bits per heavy atom. The Balaban J connectivity index is 2.31. The number of aromatic carboxylic acids is 1. The molecule has 0 N–H and O–H groups in total. The van der Waals surface area contributed by atoms with Gasteiger partial charge in [0.25, 0.3) is 0 Å². The average molecular weight is 369 g/mol. The Bertz CT molecular complexity index is 1000. The number of carboxylic acids is 1. The molecule has 0 aliphatic heterocycles. The number of nitrogens with zero attached hydrogens (tertiary/aromatic N) is 1. The number of halogens is 1. The summed E-state index contributed by atoms with van der Waals surface area (Å²) in [5.74, 6) is -1.27. The van der Waals surface area contributed by atoms with E-state index in [-0.39, 0.29) is 11.3 Å². The van der Waals surface area contributed by atoms with E-state index in [0.29, 0.717) is 29.1 Å². The molecule has 3 rings (SSSR count). The van der Waals surface area contributed by atoms with Crippen molar-refractivity contribution in [3.8, 4) is 0 Å². The fraction of sp³-hybridized carbons (Fsp3) is 0.238. The summed E-state index contributed by atoms with van der Waals surface area (Å²) < 4.78 is 2.00. The Morgan fingerprint density at radius 2 is 1.88 bits per heavy atom. The number of carbonyl (C=O) groups is 2. The van der Waals surface area contributed by atoms with Crippen LogP contribution in [0.5, 0.6) is 0 Å². The van der Waals surface area contributed by atoms with Crippen LogP contribution in [0.25, 0.3) is 10.9 Å². The van der Waals surface area contributed by atoms with Gasteiger partial charge >= 0.3 is 0 Å². The van der Waals surface area contributed by atoms with Crippen molar-refractivity contribution in [2.24, 2.45) is 0 Å². The first-order valence-corrected chi connectivity index (χ1v) is 8.92. The fourth-order valence-electron chi connectivity index (χ4n) is 3.40. The van der Waals surface area contributed by atoms with Gasteiger partial charge in [-0.15, -0.1) is 0 Å². The van der Waals surface area contributed by atoms with Crippen molar-refractivity contribution >= 4 is 34.3 Å². The number of hydrogen-bond acceptors (Lipinski definition) is 3. The normalized spacial score (nSPS) is 11.0. The van der Waals surface area contributed by atoms with E-state index >= 15 is 0 Å². The molecule has 3 aromatic rings. The summed E-state index contributed by atoms with van der Waals surface area (Å²) in [6.07, 6.45) is 1.58. The lowest BCUT2D eigenvalue weighted by Gasteiger charge is -2.13. The predicted molar refractivity (Wildman–Crippen MR) is 101 cm³/mol. The SMILES string of the molecule is CCCc1c(C(C)=O)c2ccc(C(=O)[O-])cc2n1Cc1ccccc1Cl. The molecular formula is C21H19ClNO3-. The standard InChI is InChI=1S/C21H20ClNO3/c1-3-6-18-20(13(2)24)16-10-9-14(21(25)26)11-19(16)23(18)12-15-7-4-5-8-17(15)22/h4-5,7-11H,3,6,12H2,1-2H3,(H,25,26)/p-1. The molecule has 0 aliphatic carbocycles. The lowest BCUT2D eigenvalue weighted by atomic mass is 10.0. The first-order chi connectivity index (χ1) is 12.4. The number of hydrogen-bond donors (Lipinski definition) is 0. The Morgan fingerprint density at radius 1 is 1.15 bits per heavy atom. The van der Waals surface area contributed by atoms with Gasteiger partial charge in [-0.1, -0.05) is 55.3 Å². The highest BCUT2D eigenvalue weighted by molar-refractivity contribution is 6.31. The molecular weight excluding hydrogens is 350 g/mol. The zero-order chi connectivity index (χ0) is 18.8. The molecule has 1 heterocycles. The van der Waals surface area contributed by atoms with Gasteiger partial charge in [-0.2, -0.15) is 0 Å². The highest BCUT2D eigenvalue weighted by Crippen LogP contribution is 2.30. The maximum Gasteiger partial charge on any atom is 0.162 e. The topological polar surface area (TPSA) is 62.1 Å². The van der Waals surface area contributed by atoms with Gasteiger partial charge in [0.2, 0.25) is 0 Å². The number of carboxylic acid groups (broad SMARTS) is 1. The number of benzene rings is 2. The first-order valence-electron chi connectivity index (χ1n) is 8.54. The minimum atomic E-state index is -1.24. The van der Waals surface area contributed by atoms with Crippen LogP contribution in [0, 0.1) is 0 Å². The molecule has 0 saturated carbocycles. The van der Waals surface area contributed by atoms with Crippen LogP contribution in [0.15, 0.2) is 42.5 Å². The third-order valence-corrected chi connectivity index (χ3v) is 4.90. The molecule has 0 atom stereocenters. The number of ketones is 1. The molecule has 0 radical (unpaired) electrons. The van der Waals surface area contributed by atoms with Crippen LogP contribution >= 0.6 is 11.6 Å². The number of rotatable bonds is 6. The minimum absolute atomic E-state index is 0.0300. The highest BCUT2D eigenvalue weighted by atomic mass is 35.5. The summed E-state index contributed by atoms with van der Waals surface area (Å²) in [6, 6.07) is 12.3. The Kier molecular flexibility index (Phi) is 5.14. The van der Waals surface area contributed by atoms with E-state index in [1.807, 2.05) is 35.8 Å². The molecule has 26 heavy (non-hydrogen) atoms. The zero-order valence-electron chi connectivity index (χ0n) is 14.7. The third kappa shape index (κ3) is 3.25. The van der Waals surface area contributed by atoms with Gasteiger partial charge < -0.3 is 14.5 Å². The molecule has 1 aromatic heterocycles. The maximum atomic E-state index is 12.3. The number of Topliss-reactive ketones (excluding diaryl/α,β-unsaturated/α-hetero) is 1. The van der Waals surface area contributed by atoms with Gasteiger partial charge in [0.15, 0.2) is 5.78 Å². The first kappa shape index (κ1) is 18.2. The van der Waals surface area contributed by atoms with E-state index in [2.05, 4.69) is 0 Å². The van der Waals surface area contributed by atoms with E-state index in [1.54, 1.807) is 19.1 Å². The summed E-state index contributed by atoms with van der Waals surface area (Å²) in [4.78, 5) is 23.6. The molecule has 0 amide bonds. The summed E-state index contributed by atoms with van der Waals surface area (Å²) >= 11 is 6.32. The molecule has 0 fully saturated rings. The molecule has 0 unspecified atom stereocenters. The molecule has 5 heteroatoms. The molecule has 134 valence electrons. The number of fused-ring (bicyclic) bond motifs is 1. The summed E-state index contributed by atoms with van der Waals surface area (Å²) in [5.41, 5.74) is 3.27. The molecule has 4 nitrogen and oxygen atoms in total. The smallest absolute Gasteiger partial charge is 0.162 e. The van der Waals surface area contributed by atoms with Crippen LogP contribution < -0.4 is 5.11 Å². The van der Waals surface area contributed by atoms with Crippen LogP contribution in [0.2, 0.25) is 5.02 Å². The second-order valence-corrected chi connectivity index (χ2v) is 6.73. The zero-order valence-corrected chi connectivity index (χ0v) is 15.5. The molecule has 0 bridgehead atoms. The van der Waals surface area contributed by atoms with Crippen molar-refractivity contribution in [2.45, 2.75) is 33.2 Å². The monoisotopic (exact) mass is 368 g/mol. The summed E-state index contributed by atoms with van der Waals surface area (Å²) in [5, 5.41) is 12.7. The van der Waals surface area contributed by atoms with Gasteiger partial charge in [0.05, 0.1) is 5.97 Å². The van der Waals surface area contributed by atoms with E-state index in [4.69, 9.17) is 11.6 Å². The van der Waals surface area contributed by atoms with E-state index in [0.717, 1.165) is 23.1 Å². The van der Waals surface area contributed by atoms with Crippen molar-refractivity contribution < 1.29 is 14.7 Å². The van der Waals surface area contributed by atoms with Crippen molar-refractivity contribution in [1.82, 2.24) is 4.57 Å². The second kappa shape index (κ2) is 7.34. The van der Waals surface area contributed by atoms with E-state index in [1.165, 1.54) is 6.07 Å². The van der Waals surface area contributed by atoms with E-state index in [9.17, 15) is 14.7 Å². The highest BCUT2D eigenvalue weighted by Gasteiger charge is 2.20. The van der Waals surface area contributed by atoms with Crippen LogP contribution in [0.1, 0.15) is 52.2 Å². The summed E-state index contributed by atoms with van der Waals surface area (Å²) in [6.45, 7) is 4.06. The average Bonchev–Trinajstić information content (AvgIpc) is 2.90. The lowest BCUT2D eigenvalue weighted by molar-refractivity contribution is -0.255. The van der Waals surface area contributed by atoms with Crippen LogP contribution in [-0.4, -0.2) is 16.3 Å². The molecule has 2 aromatic carbocycles. The van der Waals surface area contributed by atoms with Crippen molar-refractivity contribution in [2.75, 3.05) is 0 Å². The van der Waals surface area contributed by atoms with Crippen LogP contribution in [0.3, 0.4) is 0 Å². The van der Waals surface area contributed by atoms with Crippen LogP contribution in [-0.2, 0) is 13.0 Å². The number of carbonyl (C=O) groups excluding carboxylic acids is 2. The maximum absolute atomic E-state index is 12.3. The molecule has 0 aliphatic rings. The number of aromatic nitrogens is 1. The summed E-state index contributed by atoms with van der Waals surface area (Å²) in [7, 11) is 0. The van der Waals surface area contributed by atoms with Crippen LogP contribution in [0.4, 0.5) is 0 Å². The Hall–Kier alpha value is -2.59. The van der Waals surface area contributed by atoms with Crippen molar-refractivity contribution in [3.63, 3.8) is 0 Å². The second-order valence-electron chi connectivity index (χ2n) is 6.32. The van der Waals surface area contributed by atoms with Gasteiger partial charge in [-0.3, -0.25) is 4.79 Å². The van der Waals surface area contributed by atoms with Gasteiger partial charge in [0, 0.05) is 33.7 Å². The Labute approximate surface area is 157 Å².